The van der Waals surface area contributed by atoms with Crippen molar-refractivity contribution in [2.45, 2.75) is 50.6 Å². The number of rotatable bonds is 5. The van der Waals surface area contributed by atoms with Crippen LogP contribution in [0.15, 0.2) is 30.3 Å². The van der Waals surface area contributed by atoms with E-state index in [4.69, 9.17) is 0 Å². The van der Waals surface area contributed by atoms with Gasteiger partial charge in [-0.2, -0.15) is 11.8 Å². The molecule has 1 amide bonds. The number of carbonyl (C=O) groups excluding carboxylic acids is 1. The van der Waals surface area contributed by atoms with E-state index in [0.717, 1.165) is 31.0 Å². The summed E-state index contributed by atoms with van der Waals surface area (Å²) < 4.78 is 0. The Morgan fingerprint density at radius 2 is 1.83 bits per heavy atom. The predicted octanol–water partition coefficient (Wildman–Crippen LogP) is 3.10. The summed E-state index contributed by atoms with van der Waals surface area (Å²) in [6, 6.07) is 10.9. The van der Waals surface area contributed by atoms with Crippen molar-refractivity contribution in [2.24, 2.45) is 0 Å². The van der Waals surface area contributed by atoms with E-state index >= 15 is 0 Å². The Morgan fingerprint density at radius 1 is 1.13 bits per heavy atom. The zero-order valence-corrected chi connectivity index (χ0v) is 14.7. The first-order chi connectivity index (χ1) is 11.3. The average molecular weight is 333 g/mol. The minimum absolute atomic E-state index is 0.0661. The fourth-order valence-electron chi connectivity index (χ4n) is 3.63. The van der Waals surface area contributed by atoms with Crippen LogP contribution in [0.4, 0.5) is 0 Å². The monoisotopic (exact) mass is 332 g/mol. The lowest BCUT2D eigenvalue weighted by Crippen LogP contribution is -2.53. The van der Waals surface area contributed by atoms with Crippen molar-refractivity contribution < 1.29 is 4.79 Å². The SMILES string of the molecule is O=C([C@H](Cc1ccccc1)NC1CCCCC1)N1CCSCC1. The summed E-state index contributed by atoms with van der Waals surface area (Å²) in [5, 5.41) is 3.70. The second-order valence-corrected chi connectivity index (χ2v) is 7.91. The van der Waals surface area contributed by atoms with E-state index < -0.39 is 0 Å². The van der Waals surface area contributed by atoms with Crippen molar-refractivity contribution in [2.75, 3.05) is 24.6 Å². The Labute approximate surface area is 144 Å². The summed E-state index contributed by atoms with van der Waals surface area (Å²) >= 11 is 1.95. The molecule has 0 unspecified atom stereocenters. The van der Waals surface area contributed by atoms with Gasteiger partial charge >= 0.3 is 0 Å². The van der Waals surface area contributed by atoms with Crippen LogP contribution in [0.1, 0.15) is 37.7 Å². The molecule has 2 fully saturated rings. The van der Waals surface area contributed by atoms with Gasteiger partial charge in [0.2, 0.25) is 5.91 Å². The number of hydrogen-bond acceptors (Lipinski definition) is 3. The molecule has 0 spiro atoms. The molecule has 1 aliphatic carbocycles. The van der Waals surface area contributed by atoms with Crippen LogP contribution in [0, 0.1) is 0 Å². The first-order valence-corrected chi connectivity index (χ1v) is 10.1. The van der Waals surface area contributed by atoms with Crippen LogP contribution in [0.5, 0.6) is 0 Å². The second kappa shape index (κ2) is 8.74. The molecule has 1 N–H and O–H groups in total. The first kappa shape index (κ1) is 16.8. The van der Waals surface area contributed by atoms with Crippen LogP contribution >= 0.6 is 11.8 Å². The highest BCUT2D eigenvalue weighted by Crippen LogP contribution is 2.19. The highest BCUT2D eigenvalue weighted by atomic mass is 32.2. The standard InChI is InChI=1S/C19H28N2OS/c22-19(21-11-13-23-14-12-21)18(15-16-7-3-1-4-8-16)20-17-9-5-2-6-10-17/h1,3-4,7-8,17-18,20H,2,5-6,9-15H2/t18-/m0/s1. The first-order valence-electron chi connectivity index (χ1n) is 8.99. The number of thioether (sulfide) groups is 1. The van der Waals surface area contributed by atoms with E-state index in [1.165, 1.54) is 37.7 Å². The van der Waals surface area contributed by atoms with Gasteiger partial charge in [0.05, 0.1) is 6.04 Å². The van der Waals surface area contributed by atoms with Gasteiger partial charge in [-0.1, -0.05) is 49.6 Å². The number of hydrogen-bond donors (Lipinski definition) is 1. The van der Waals surface area contributed by atoms with Crippen molar-refractivity contribution in [1.29, 1.82) is 0 Å². The lowest BCUT2D eigenvalue weighted by molar-refractivity contribution is -0.133. The normalized spacial score (nSPS) is 21.1. The Bertz CT molecular complexity index is 481. The van der Waals surface area contributed by atoms with Gasteiger partial charge in [0, 0.05) is 30.6 Å². The number of carbonyl (C=O) groups is 1. The van der Waals surface area contributed by atoms with E-state index in [2.05, 4.69) is 34.5 Å². The van der Waals surface area contributed by atoms with Crippen LogP contribution in [-0.4, -0.2) is 47.5 Å². The Morgan fingerprint density at radius 3 is 2.52 bits per heavy atom. The van der Waals surface area contributed by atoms with Crippen LogP contribution < -0.4 is 5.32 Å². The van der Waals surface area contributed by atoms with Crippen molar-refractivity contribution in [3.63, 3.8) is 0 Å². The van der Waals surface area contributed by atoms with E-state index in [9.17, 15) is 4.79 Å². The third-order valence-corrected chi connectivity index (χ3v) is 5.89. The Hall–Kier alpha value is -1.00. The summed E-state index contributed by atoms with van der Waals surface area (Å²) in [4.78, 5) is 15.1. The minimum atomic E-state index is -0.0661. The fraction of sp³-hybridized carbons (Fsp3) is 0.632. The molecule has 1 aliphatic heterocycles. The van der Waals surface area contributed by atoms with Gasteiger partial charge in [0.1, 0.15) is 0 Å². The van der Waals surface area contributed by atoms with Crippen LogP contribution in [0.2, 0.25) is 0 Å². The molecule has 0 bridgehead atoms. The maximum Gasteiger partial charge on any atom is 0.240 e. The van der Waals surface area contributed by atoms with Crippen LogP contribution in [0.3, 0.4) is 0 Å². The molecule has 1 heterocycles. The van der Waals surface area contributed by atoms with Gasteiger partial charge in [-0.3, -0.25) is 4.79 Å². The number of benzene rings is 1. The molecule has 1 aromatic carbocycles. The molecule has 126 valence electrons. The molecule has 1 aromatic rings. The van der Waals surface area contributed by atoms with Crippen molar-refractivity contribution in [3.05, 3.63) is 35.9 Å². The summed E-state index contributed by atoms with van der Waals surface area (Å²) in [5.41, 5.74) is 1.25. The minimum Gasteiger partial charge on any atom is -0.340 e. The van der Waals surface area contributed by atoms with Crippen molar-refractivity contribution in [3.8, 4) is 0 Å². The third kappa shape index (κ3) is 4.98. The maximum atomic E-state index is 13.0. The third-order valence-electron chi connectivity index (χ3n) is 4.95. The quantitative estimate of drug-likeness (QED) is 0.899. The molecule has 0 radical (unpaired) electrons. The molecular formula is C19H28N2OS. The summed E-state index contributed by atoms with van der Waals surface area (Å²) in [7, 11) is 0. The largest absolute Gasteiger partial charge is 0.340 e. The number of nitrogens with zero attached hydrogens (tertiary/aromatic N) is 1. The molecule has 0 aromatic heterocycles. The van der Waals surface area contributed by atoms with Gasteiger partial charge in [0.25, 0.3) is 0 Å². The lowest BCUT2D eigenvalue weighted by Gasteiger charge is -2.33. The molecular weight excluding hydrogens is 304 g/mol. The topological polar surface area (TPSA) is 32.3 Å². The zero-order valence-electron chi connectivity index (χ0n) is 13.9. The Balaban J connectivity index is 1.67. The predicted molar refractivity (Wildman–Crippen MR) is 97.8 cm³/mol. The second-order valence-electron chi connectivity index (χ2n) is 6.68. The molecule has 4 heteroatoms. The molecule has 23 heavy (non-hydrogen) atoms. The number of nitrogens with one attached hydrogen (secondary N) is 1. The molecule has 3 nitrogen and oxygen atoms in total. The molecule has 1 saturated heterocycles. The summed E-state index contributed by atoms with van der Waals surface area (Å²) in [6.45, 7) is 1.81. The molecule has 1 atom stereocenters. The summed E-state index contributed by atoms with van der Waals surface area (Å²) in [5.74, 6) is 2.46. The highest BCUT2D eigenvalue weighted by Gasteiger charge is 2.28. The smallest absolute Gasteiger partial charge is 0.240 e. The van der Waals surface area contributed by atoms with E-state index in [0.29, 0.717) is 11.9 Å². The zero-order chi connectivity index (χ0) is 15.9. The van der Waals surface area contributed by atoms with Crippen LogP contribution in [-0.2, 0) is 11.2 Å². The van der Waals surface area contributed by atoms with Gasteiger partial charge in [-0.05, 0) is 24.8 Å². The molecule has 3 rings (SSSR count). The van der Waals surface area contributed by atoms with Gasteiger partial charge in [0.15, 0.2) is 0 Å². The van der Waals surface area contributed by atoms with Crippen LogP contribution in [0.25, 0.3) is 0 Å². The van der Waals surface area contributed by atoms with Crippen molar-refractivity contribution >= 4 is 17.7 Å². The van der Waals surface area contributed by atoms with Gasteiger partial charge < -0.3 is 10.2 Å². The van der Waals surface area contributed by atoms with E-state index in [1.54, 1.807) is 0 Å². The molecule has 2 aliphatic rings. The average Bonchev–Trinajstić information content (AvgIpc) is 2.63. The van der Waals surface area contributed by atoms with Crippen molar-refractivity contribution in [1.82, 2.24) is 10.2 Å². The fourth-order valence-corrected chi connectivity index (χ4v) is 4.53. The van der Waals surface area contributed by atoms with Gasteiger partial charge in [-0.15, -0.1) is 0 Å². The maximum absolute atomic E-state index is 13.0. The van der Waals surface area contributed by atoms with Gasteiger partial charge in [-0.25, -0.2) is 0 Å². The summed E-state index contributed by atoms with van der Waals surface area (Å²) in [6.07, 6.45) is 7.18. The van der Waals surface area contributed by atoms with E-state index in [-0.39, 0.29) is 6.04 Å². The number of amides is 1. The van der Waals surface area contributed by atoms with E-state index in [1.807, 2.05) is 17.8 Å². The lowest BCUT2D eigenvalue weighted by atomic mass is 9.93. The molecule has 1 saturated carbocycles. The highest BCUT2D eigenvalue weighted by molar-refractivity contribution is 7.99. The Kier molecular flexibility index (Phi) is 6.40.